The van der Waals surface area contributed by atoms with Crippen LogP contribution >= 0.6 is 0 Å². The van der Waals surface area contributed by atoms with Crippen molar-refractivity contribution in [1.29, 1.82) is 0 Å². The van der Waals surface area contributed by atoms with Gasteiger partial charge in [0.05, 0.1) is 5.92 Å². The van der Waals surface area contributed by atoms with E-state index in [2.05, 4.69) is 16.8 Å². The Kier molecular flexibility index (Phi) is 5.16. The molecule has 2 saturated heterocycles. The molecular formula is C18H25N3O3. The van der Waals surface area contributed by atoms with E-state index in [1.54, 1.807) is 4.90 Å². The van der Waals surface area contributed by atoms with Crippen molar-refractivity contribution in [2.75, 3.05) is 46.3 Å². The summed E-state index contributed by atoms with van der Waals surface area (Å²) in [6, 6.07) is 9.53. The third kappa shape index (κ3) is 3.60. The highest BCUT2D eigenvalue weighted by Crippen LogP contribution is 2.27. The van der Waals surface area contributed by atoms with Gasteiger partial charge in [-0.2, -0.15) is 0 Å². The molecule has 2 fully saturated rings. The number of piperazine rings is 1. The molecule has 2 heterocycles. The Hall–Kier alpha value is -1.92. The number of likely N-dealkylation sites (tertiary alicyclic amines) is 1. The Labute approximate surface area is 142 Å². The second kappa shape index (κ2) is 7.32. The number of nitrogens with zero attached hydrogens (tertiary/aromatic N) is 3. The number of hydrogen-bond acceptors (Lipinski definition) is 4. The Bertz CT molecular complexity index is 584. The number of carboxylic acid groups (broad SMARTS) is 1. The van der Waals surface area contributed by atoms with Gasteiger partial charge in [-0.05, 0) is 19.0 Å². The molecule has 0 unspecified atom stereocenters. The molecule has 2 aliphatic heterocycles. The maximum absolute atomic E-state index is 13.2. The molecule has 0 aliphatic carbocycles. The Morgan fingerprint density at radius 1 is 1.08 bits per heavy atom. The van der Waals surface area contributed by atoms with E-state index in [1.165, 1.54) is 0 Å². The van der Waals surface area contributed by atoms with E-state index >= 15 is 0 Å². The van der Waals surface area contributed by atoms with Crippen molar-refractivity contribution in [2.45, 2.75) is 12.5 Å². The number of carbonyl (C=O) groups excluding carboxylic acids is 1. The van der Waals surface area contributed by atoms with Crippen LogP contribution in [0.5, 0.6) is 0 Å². The first-order chi connectivity index (χ1) is 11.6. The smallest absolute Gasteiger partial charge is 0.308 e. The van der Waals surface area contributed by atoms with Crippen LogP contribution in [0.15, 0.2) is 30.3 Å². The summed E-state index contributed by atoms with van der Waals surface area (Å²) < 4.78 is 0. The summed E-state index contributed by atoms with van der Waals surface area (Å²) in [6.07, 6.45) is 0.547. The van der Waals surface area contributed by atoms with Crippen LogP contribution in [0, 0.1) is 5.92 Å². The molecule has 0 radical (unpaired) electrons. The van der Waals surface area contributed by atoms with E-state index in [-0.39, 0.29) is 11.9 Å². The summed E-state index contributed by atoms with van der Waals surface area (Å²) in [7, 11) is 2.09. The molecule has 1 aromatic carbocycles. The summed E-state index contributed by atoms with van der Waals surface area (Å²) >= 11 is 0. The molecule has 0 aromatic heterocycles. The Morgan fingerprint density at radius 3 is 2.33 bits per heavy atom. The van der Waals surface area contributed by atoms with E-state index in [1.807, 2.05) is 30.3 Å². The molecule has 0 bridgehead atoms. The van der Waals surface area contributed by atoms with Gasteiger partial charge in [0.15, 0.2) is 0 Å². The van der Waals surface area contributed by atoms with E-state index in [0.29, 0.717) is 19.5 Å². The molecular weight excluding hydrogens is 306 g/mol. The molecule has 1 amide bonds. The normalized spacial score (nSPS) is 24.0. The van der Waals surface area contributed by atoms with Gasteiger partial charge in [0.1, 0.15) is 6.04 Å². The van der Waals surface area contributed by atoms with Gasteiger partial charge in [0.2, 0.25) is 5.91 Å². The van der Waals surface area contributed by atoms with Crippen molar-refractivity contribution in [3.63, 3.8) is 0 Å². The molecule has 6 nitrogen and oxygen atoms in total. The third-order valence-corrected chi connectivity index (χ3v) is 5.10. The highest BCUT2D eigenvalue weighted by molar-refractivity contribution is 5.84. The summed E-state index contributed by atoms with van der Waals surface area (Å²) in [5, 5.41) is 9.19. The van der Waals surface area contributed by atoms with Crippen molar-refractivity contribution < 1.29 is 14.7 Å². The van der Waals surface area contributed by atoms with Gasteiger partial charge in [-0.1, -0.05) is 30.3 Å². The van der Waals surface area contributed by atoms with Gasteiger partial charge in [-0.15, -0.1) is 0 Å². The zero-order valence-corrected chi connectivity index (χ0v) is 14.1. The monoisotopic (exact) mass is 331 g/mol. The van der Waals surface area contributed by atoms with E-state index in [4.69, 9.17) is 0 Å². The number of carbonyl (C=O) groups is 2. The largest absolute Gasteiger partial charge is 0.481 e. The minimum Gasteiger partial charge on any atom is -0.481 e. The second-order valence-electron chi connectivity index (χ2n) is 6.76. The number of benzene rings is 1. The van der Waals surface area contributed by atoms with E-state index in [0.717, 1.165) is 31.7 Å². The minimum atomic E-state index is -0.804. The lowest BCUT2D eigenvalue weighted by molar-refractivity contribution is -0.142. The summed E-state index contributed by atoms with van der Waals surface area (Å²) in [6.45, 7) is 4.43. The van der Waals surface area contributed by atoms with Crippen LogP contribution in [0.4, 0.5) is 0 Å². The first-order valence-corrected chi connectivity index (χ1v) is 8.55. The van der Waals surface area contributed by atoms with Gasteiger partial charge in [-0.25, -0.2) is 0 Å². The molecule has 6 heteroatoms. The lowest BCUT2D eigenvalue weighted by Gasteiger charge is -2.38. The minimum absolute atomic E-state index is 0.0366. The molecule has 2 atom stereocenters. The standard InChI is InChI=1S/C18H25N3O3/c1-19-9-11-20(12-10-19)16(14-5-3-2-4-6-14)17(22)21-8-7-15(13-21)18(23)24/h2-6,15-16H,7-13H2,1H3,(H,23,24)/t15-,16+/m0/s1. The number of hydrogen-bond donors (Lipinski definition) is 1. The summed E-state index contributed by atoms with van der Waals surface area (Å²) in [5.41, 5.74) is 0.992. The van der Waals surface area contributed by atoms with Crippen LogP contribution in [0.2, 0.25) is 0 Å². The van der Waals surface area contributed by atoms with Gasteiger partial charge in [-0.3, -0.25) is 14.5 Å². The number of aliphatic carboxylic acids is 1. The van der Waals surface area contributed by atoms with Gasteiger partial charge < -0.3 is 14.9 Å². The number of amides is 1. The average Bonchev–Trinajstić information content (AvgIpc) is 3.08. The number of carboxylic acids is 1. The SMILES string of the molecule is CN1CCN([C@@H](C(=O)N2CC[C@H](C(=O)O)C2)c2ccccc2)CC1. The van der Waals surface area contributed by atoms with Crippen LogP contribution < -0.4 is 0 Å². The fraction of sp³-hybridized carbons (Fsp3) is 0.556. The van der Waals surface area contributed by atoms with Crippen molar-refractivity contribution in [2.24, 2.45) is 5.92 Å². The molecule has 2 aliphatic rings. The molecule has 0 spiro atoms. The lowest BCUT2D eigenvalue weighted by atomic mass is 10.0. The van der Waals surface area contributed by atoms with Crippen LogP contribution in [-0.2, 0) is 9.59 Å². The lowest BCUT2D eigenvalue weighted by Crippen LogP contribution is -2.50. The van der Waals surface area contributed by atoms with Gasteiger partial charge in [0.25, 0.3) is 0 Å². The van der Waals surface area contributed by atoms with Crippen LogP contribution in [0.1, 0.15) is 18.0 Å². The van der Waals surface area contributed by atoms with Crippen LogP contribution in [0.3, 0.4) is 0 Å². The zero-order chi connectivity index (χ0) is 17.1. The van der Waals surface area contributed by atoms with Crippen molar-refractivity contribution in [3.8, 4) is 0 Å². The Balaban J connectivity index is 1.79. The van der Waals surface area contributed by atoms with Gasteiger partial charge >= 0.3 is 5.97 Å². The second-order valence-corrected chi connectivity index (χ2v) is 6.76. The van der Waals surface area contributed by atoms with E-state index in [9.17, 15) is 14.7 Å². The fourth-order valence-electron chi connectivity index (χ4n) is 3.56. The average molecular weight is 331 g/mol. The summed E-state index contributed by atoms with van der Waals surface area (Å²) in [5.74, 6) is -1.20. The molecule has 3 rings (SSSR count). The van der Waals surface area contributed by atoms with Crippen molar-refractivity contribution in [3.05, 3.63) is 35.9 Å². The molecule has 24 heavy (non-hydrogen) atoms. The molecule has 0 saturated carbocycles. The Morgan fingerprint density at radius 2 is 1.75 bits per heavy atom. The molecule has 130 valence electrons. The highest BCUT2D eigenvalue weighted by Gasteiger charge is 2.37. The van der Waals surface area contributed by atoms with Crippen molar-refractivity contribution >= 4 is 11.9 Å². The highest BCUT2D eigenvalue weighted by atomic mass is 16.4. The molecule has 1 aromatic rings. The molecule has 1 N–H and O–H groups in total. The predicted octanol–water partition coefficient (Wildman–Crippen LogP) is 0.908. The van der Waals surface area contributed by atoms with E-state index < -0.39 is 11.9 Å². The maximum Gasteiger partial charge on any atom is 0.308 e. The number of likely N-dealkylation sites (N-methyl/N-ethyl adjacent to an activating group) is 1. The number of rotatable bonds is 4. The quantitative estimate of drug-likeness (QED) is 0.888. The first kappa shape index (κ1) is 16.9. The van der Waals surface area contributed by atoms with Crippen molar-refractivity contribution in [1.82, 2.24) is 14.7 Å². The maximum atomic E-state index is 13.2. The predicted molar refractivity (Wildman–Crippen MR) is 90.6 cm³/mol. The zero-order valence-electron chi connectivity index (χ0n) is 14.1. The fourth-order valence-corrected chi connectivity index (χ4v) is 3.56. The van der Waals surface area contributed by atoms with Crippen LogP contribution in [-0.4, -0.2) is 78.0 Å². The third-order valence-electron chi connectivity index (χ3n) is 5.10. The van der Waals surface area contributed by atoms with Gasteiger partial charge in [0, 0.05) is 39.3 Å². The van der Waals surface area contributed by atoms with Crippen LogP contribution in [0.25, 0.3) is 0 Å². The topological polar surface area (TPSA) is 64.1 Å². The summed E-state index contributed by atoms with van der Waals surface area (Å²) in [4.78, 5) is 30.6. The first-order valence-electron chi connectivity index (χ1n) is 8.55.